The van der Waals surface area contributed by atoms with Crippen LogP contribution in [0.5, 0.6) is 5.75 Å². The standard InChI is InChI=1S/C20H25FN4O2/c1-27-19-11-16(21)5-4-15(19)10-20(26)24-13-17-6-7-22-25(17)18(14-24)12-23-8-2-3-9-23/h4-7,11,18H,2-3,8-10,12-14H2,1H3/t18-/m0/s1. The fourth-order valence-corrected chi connectivity index (χ4v) is 4.11. The third-order valence-corrected chi connectivity index (χ3v) is 5.49. The number of rotatable bonds is 5. The average Bonchev–Trinajstić information content (AvgIpc) is 3.34. The van der Waals surface area contributed by atoms with E-state index in [1.54, 1.807) is 6.07 Å². The molecule has 1 amide bonds. The summed E-state index contributed by atoms with van der Waals surface area (Å²) in [5.41, 5.74) is 1.77. The van der Waals surface area contributed by atoms with Crippen molar-refractivity contribution in [2.45, 2.75) is 31.8 Å². The minimum atomic E-state index is -0.365. The van der Waals surface area contributed by atoms with Gasteiger partial charge in [-0.25, -0.2) is 4.39 Å². The number of amides is 1. The summed E-state index contributed by atoms with van der Waals surface area (Å²) in [5, 5.41) is 4.49. The predicted octanol–water partition coefficient (Wildman–Crippen LogP) is 2.25. The largest absolute Gasteiger partial charge is 0.496 e. The summed E-state index contributed by atoms with van der Waals surface area (Å²) < 4.78 is 20.7. The first kappa shape index (κ1) is 18.0. The molecule has 2 aliphatic heterocycles. The molecule has 6 nitrogen and oxygen atoms in total. The van der Waals surface area contributed by atoms with E-state index in [1.165, 1.54) is 32.1 Å². The lowest BCUT2D eigenvalue weighted by Crippen LogP contribution is -2.45. The molecule has 1 aromatic carbocycles. The lowest BCUT2D eigenvalue weighted by molar-refractivity contribution is -0.132. The molecule has 2 aromatic rings. The Hall–Kier alpha value is -2.41. The van der Waals surface area contributed by atoms with Crippen LogP contribution in [0.4, 0.5) is 4.39 Å². The molecule has 3 heterocycles. The molecule has 0 saturated carbocycles. The summed E-state index contributed by atoms with van der Waals surface area (Å²) in [5.74, 6) is 0.0772. The maximum atomic E-state index is 13.4. The zero-order chi connectivity index (χ0) is 18.8. The number of ether oxygens (including phenoxy) is 1. The highest BCUT2D eigenvalue weighted by atomic mass is 19.1. The zero-order valence-electron chi connectivity index (χ0n) is 15.6. The molecule has 27 heavy (non-hydrogen) atoms. The predicted molar refractivity (Wildman–Crippen MR) is 99.0 cm³/mol. The minimum Gasteiger partial charge on any atom is -0.496 e. The molecule has 7 heteroatoms. The van der Waals surface area contributed by atoms with Crippen molar-refractivity contribution in [3.63, 3.8) is 0 Å². The van der Waals surface area contributed by atoms with Crippen molar-refractivity contribution < 1.29 is 13.9 Å². The van der Waals surface area contributed by atoms with Crippen LogP contribution in [0.2, 0.25) is 0 Å². The Kier molecular flexibility index (Phi) is 5.11. The Morgan fingerprint density at radius 2 is 2.11 bits per heavy atom. The number of carbonyl (C=O) groups excluding carboxylic acids is 1. The van der Waals surface area contributed by atoms with E-state index >= 15 is 0 Å². The summed E-state index contributed by atoms with van der Waals surface area (Å²) in [7, 11) is 1.49. The van der Waals surface area contributed by atoms with Crippen LogP contribution in [0.1, 0.15) is 30.1 Å². The van der Waals surface area contributed by atoms with E-state index in [2.05, 4.69) is 14.7 Å². The Labute approximate surface area is 158 Å². The molecule has 144 valence electrons. The third kappa shape index (κ3) is 3.83. The van der Waals surface area contributed by atoms with Crippen LogP contribution in [0.3, 0.4) is 0 Å². The van der Waals surface area contributed by atoms with E-state index in [0.29, 0.717) is 24.4 Å². The van der Waals surface area contributed by atoms with Gasteiger partial charge in [0.15, 0.2) is 0 Å². The fourth-order valence-electron chi connectivity index (χ4n) is 4.11. The maximum absolute atomic E-state index is 13.4. The monoisotopic (exact) mass is 372 g/mol. The van der Waals surface area contributed by atoms with Crippen LogP contribution in [-0.2, 0) is 17.8 Å². The number of halogens is 1. The number of hydrogen-bond acceptors (Lipinski definition) is 4. The molecular weight excluding hydrogens is 347 g/mol. The fraction of sp³-hybridized carbons (Fsp3) is 0.500. The quantitative estimate of drug-likeness (QED) is 0.808. The summed E-state index contributed by atoms with van der Waals surface area (Å²) in [6.45, 7) is 4.35. The third-order valence-electron chi connectivity index (χ3n) is 5.49. The summed E-state index contributed by atoms with van der Waals surface area (Å²) in [6, 6.07) is 6.47. The molecule has 0 bridgehead atoms. The van der Waals surface area contributed by atoms with Crippen molar-refractivity contribution >= 4 is 5.91 Å². The molecule has 0 radical (unpaired) electrons. The Morgan fingerprint density at radius 1 is 1.30 bits per heavy atom. The van der Waals surface area contributed by atoms with Gasteiger partial charge in [0.25, 0.3) is 0 Å². The van der Waals surface area contributed by atoms with Crippen LogP contribution < -0.4 is 4.74 Å². The van der Waals surface area contributed by atoms with Gasteiger partial charge in [0.1, 0.15) is 11.6 Å². The molecular formula is C20H25FN4O2. The van der Waals surface area contributed by atoms with E-state index < -0.39 is 0 Å². The number of benzene rings is 1. The molecule has 4 rings (SSSR count). The first-order chi connectivity index (χ1) is 13.1. The highest BCUT2D eigenvalue weighted by Gasteiger charge is 2.30. The van der Waals surface area contributed by atoms with Crippen molar-refractivity contribution in [1.82, 2.24) is 19.6 Å². The Bertz CT molecular complexity index is 816. The molecule has 0 N–H and O–H groups in total. The second-order valence-electron chi connectivity index (χ2n) is 7.34. The molecule has 1 aromatic heterocycles. The number of hydrogen-bond donors (Lipinski definition) is 0. The van der Waals surface area contributed by atoms with Gasteiger partial charge < -0.3 is 14.5 Å². The van der Waals surface area contributed by atoms with Gasteiger partial charge in [-0.05, 0) is 38.1 Å². The Morgan fingerprint density at radius 3 is 2.89 bits per heavy atom. The van der Waals surface area contributed by atoms with Crippen LogP contribution in [-0.4, -0.2) is 58.8 Å². The second kappa shape index (κ2) is 7.68. The van der Waals surface area contributed by atoms with Crippen LogP contribution in [0, 0.1) is 5.82 Å². The van der Waals surface area contributed by atoms with Gasteiger partial charge in [-0.15, -0.1) is 0 Å². The van der Waals surface area contributed by atoms with Crippen LogP contribution >= 0.6 is 0 Å². The number of likely N-dealkylation sites (tertiary alicyclic amines) is 1. The molecule has 1 saturated heterocycles. The second-order valence-corrected chi connectivity index (χ2v) is 7.34. The van der Waals surface area contributed by atoms with E-state index in [1.807, 2.05) is 17.2 Å². The van der Waals surface area contributed by atoms with Gasteiger partial charge >= 0.3 is 0 Å². The van der Waals surface area contributed by atoms with Crippen molar-refractivity contribution in [1.29, 1.82) is 0 Å². The summed E-state index contributed by atoms with van der Waals surface area (Å²) in [4.78, 5) is 17.3. The number of nitrogens with zero attached hydrogens (tertiary/aromatic N) is 4. The first-order valence-electron chi connectivity index (χ1n) is 9.49. The van der Waals surface area contributed by atoms with Gasteiger partial charge in [-0.1, -0.05) is 6.07 Å². The minimum absolute atomic E-state index is 0.0266. The first-order valence-corrected chi connectivity index (χ1v) is 9.49. The van der Waals surface area contributed by atoms with Crippen LogP contribution in [0.15, 0.2) is 30.5 Å². The van der Waals surface area contributed by atoms with Gasteiger partial charge in [0.2, 0.25) is 5.91 Å². The molecule has 1 atom stereocenters. The molecule has 0 aliphatic carbocycles. The van der Waals surface area contributed by atoms with Crippen molar-refractivity contribution in [2.24, 2.45) is 0 Å². The molecule has 0 unspecified atom stereocenters. The highest BCUT2D eigenvalue weighted by molar-refractivity contribution is 5.79. The topological polar surface area (TPSA) is 50.6 Å². The maximum Gasteiger partial charge on any atom is 0.227 e. The van der Waals surface area contributed by atoms with Gasteiger partial charge in [-0.2, -0.15) is 5.10 Å². The Balaban J connectivity index is 1.49. The smallest absolute Gasteiger partial charge is 0.227 e. The normalized spacial score (nSPS) is 19.9. The van der Waals surface area contributed by atoms with Crippen molar-refractivity contribution in [2.75, 3.05) is 33.3 Å². The number of methoxy groups -OCH3 is 1. The van der Waals surface area contributed by atoms with Crippen molar-refractivity contribution in [3.05, 3.63) is 47.5 Å². The molecule has 0 spiro atoms. The van der Waals surface area contributed by atoms with E-state index in [4.69, 9.17) is 4.74 Å². The molecule has 2 aliphatic rings. The van der Waals surface area contributed by atoms with Gasteiger partial charge in [0.05, 0.1) is 31.8 Å². The van der Waals surface area contributed by atoms with Crippen molar-refractivity contribution in [3.8, 4) is 5.75 Å². The number of fused-ring (bicyclic) bond motifs is 1. The van der Waals surface area contributed by atoms with E-state index in [9.17, 15) is 9.18 Å². The van der Waals surface area contributed by atoms with Crippen LogP contribution in [0.25, 0.3) is 0 Å². The number of carbonyl (C=O) groups is 1. The average molecular weight is 372 g/mol. The summed E-state index contributed by atoms with van der Waals surface area (Å²) in [6.07, 6.45) is 4.49. The SMILES string of the molecule is COc1cc(F)ccc1CC(=O)N1Cc2ccnn2[C@@H](CN2CCCC2)C1. The van der Waals surface area contributed by atoms with E-state index in [0.717, 1.165) is 25.3 Å². The molecule has 1 fully saturated rings. The number of aromatic nitrogens is 2. The lowest BCUT2D eigenvalue weighted by atomic mass is 10.1. The zero-order valence-corrected chi connectivity index (χ0v) is 15.6. The van der Waals surface area contributed by atoms with E-state index in [-0.39, 0.29) is 24.2 Å². The van der Waals surface area contributed by atoms with Gasteiger partial charge in [-0.3, -0.25) is 9.48 Å². The highest BCUT2D eigenvalue weighted by Crippen LogP contribution is 2.25. The summed E-state index contributed by atoms with van der Waals surface area (Å²) >= 11 is 0. The van der Waals surface area contributed by atoms with Gasteiger partial charge in [0, 0.05) is 30.9 Å². The lowest BCUT2D eigenvalue weighted by Gasteiger charge is -2.36.